The largest absolute Gasteiger partial charge is 0.355 e. The number of allylic oxidation sites excluding steroid dienone is 1. The third kappa shape index (κ3) is 7.30. The zero-order chi connectivity index (χ0) is 30.3. The van der Waals surface area contributed by atoms with E-state index >= 15 is 0 Å². The van der Waals surface area contributed by atoms with Crippen LogP contribution in [0.4, 0.5) is 25.8 Å². The summed E-state index contributed by atoms with van der Waals surface area (Å²) in [5.74, 6) is -0.381. The summed E-state index contributed by atoms with van der Waals surface area (Å²) < 4.78 is 27.7. The average Bonchev–Trinajstić information content (AvgIpc) is 3.01. The van der Waals surface area contributed by atoms with Crippen molar-refractivity contribution >= 4 is 23.0 Å². The number of benzene rings is 4. The van der Waals surface area contributed by atoms with Gasteiger partial charge in [0, 0.05) is 60.4 Å². The first-order valence-corrected chi connectivity index (χ1v) is 14.7. The summed E-state index contributed by atoms with van der Waals surface area (Å²) in [7, 11) is 1.85. The molecule has 4 aromatic carbocycles. The van der Waals surface area contributed by atoms with E-state index in [0.29, 0.717) is 37.4 Å². The van der Waals surface area contributed by atoms with Crippen LogP contribution in [0.2, 0.25) is 0 Å². The molecular formula is C36H38F2N4O. The molecule has 1 heterocycles. The first-order chi connectivity index (χ1) is 20.8. The highest BCUT2D eigenvalue weighted by Gasteiger charge is 2.28. The lowest BCUT2D eigenvalue weighted by Gasteiger charge is -2.38. The van der Waals surface area contributed by atoms with Crippen molar-refractivity contribution in [3.05, 3.63) is 137 Å². The van der Waals surface area contributed by atoms with E-state index in [9.17, 15) is 13.6 Å². The van der Waals surface area contributed by atoms with Gasteiger partial charge in [-0.1, -0.05) is 43.0 Å². The van der Waals surface area contributed by atoms with Crippen LogP contribution in [0.25, 0.3) is 0 Å². The van der Waals surface area contributed by atoms with Crippen LogP contribution in [-0.4, -0.2) is 30.9 Å². The number of aryl methyl sites for hydroxylation is 1. The van der Waals surface area contributed by atoms with E-state index in [4.69, 9.17) is 0 Å². The van der Waals surface area contributed by atoms with Crippen LogP contribution in [0.1, 0.15) is 39.9 Å². The van der Waals surface area contributed by atoms with E-state index < -0.39 is 0 Å². The Morgan fingerprint density at radius 1 is 0.930 bits per heavy atom. The maximum atomic E-state index is 14.0. The van der Waals surface area contributed by atoms with Gasteiger partial charge in [0.15, 0.2) is 0 Å². The average molecular weight is 581 g/mol. The Bertz CT molecular complexity index is 1600. The van der Waals surface area contributed by atoms with Crippen molar-refractivity contribution in [2.45, 2.75) is 32.9 Å². The van der Waals surface area contributed by atoms with Gasteiger partial charge >= 0.3 is 0 Å². The minimum absolute atomic E-state index is 0.00533. The van der Waals surface area contributed by atoms with Gasteiger partial charge in [0.1, 0.15) is 11.6 Å². The Labute approximate surface area is 252 Å². The summed E-state index contributed by atoms with van der Waals surface area (Å²) in [6.07, 6.45) is 1.58. The van der Waals surface area contributed by atoms with Crippen LogP contribution in [0, 0.1) is 24.5 Å². The summed E-state index contributed by atoms with van der Waals surface area (Å²) in [5.41, 5.74) is 7.06. The van der Waals surface area contributed by atoms with Crippen LogP contribution in [0.15, 0.2) is 103 Å². The van der Waals surface area contributed by atoms with Crippen molar-refractivity contribution in [1.82, 2.24) is 10.2 Å². The summed E-state index contributed by atoms with van der Waals surface area (Å²) in [6.45, 7) is 8.90. The summed E-state index contributed by atoms with van der Waals surface area (Å²) in [6, 6.07) is 26.8. The number of anilines is 3. The SMILES string of the molecule is C=C(C1CCN(C(=O)c2ccc(Nc3cccc(F)c3)c(CNC)c2)CC1)N(Cc1cccc(F)c1)c1ccccc1C. The smallest absolute Gasteiger partial charge is 0.253 e. The number of carbonyl (C=O) groups excluding carboxylic acids is 1. The molecule has 5 nitrogen and oxygen atoms in total. The quantitative estimate of drug-likeness (QED) is 0.201. The highest BCUT2D eigenvalue weighted by Crippen LogP contribution is 2.33. The van der Waals surface area contributed by atoms with Crippen LogP contribution in [0.3, 0.4) is 0 Å². The minimum Gasteiger partial charge on any atom is -0.355 e. The number of halogens is 2. The number of likely N-dealkylation sites (tertiary alicyclic amines) is 1. The molecule has 0 radical (unpaired) electrons. The van der Waals surface area contributed by atoms with Gasteiger partial charge < -0.3 is 20.4 Å². The fourth-order valence-corrected chi connectivity index (χ4v) is 5.75. The standard InChI is InChI=1S/C36H38F2N4O/c1-25-8-4-5-13-35(25)42(24-27-9-6-10-31(37)20-27)26(2)28-16-18-41(19-17-28)36(43)29-14-15-34(30(21-29)23-39-3)40-33-12-7-11-32(38)22-33/h4-15,20-22,28,39-40H,2,16-19,23-24H2,1,3H3. The van der Waals surface area contributed by atoms with Gasteiger partial charge in [0.05, 0.1) is 0 Å². The number of hydrogen-bond donors (Lipinski definition) is 2. The Morgan fingerprint density at radius 3 is 2.35 bits per heavy atom. The van der Waals surface area contributed by atoms with Crippen molar-refractivity contribution in [2.24, 2.45) is 5.92 Å². The molecule has 0 atom stereocenters. The molecule has 4 aromatic rings. The van der Waals surface area contributed by atoms with Gasteiger partial charge in [0.25, 0.3) is 5.91 Å². The van der Waals surface area contributed by atoms with Gasteiger partial charge in [-0.3, -0.25) is 4.79 Å². The summed E-state index contributed by atoms with van der Waals surface area (Å²) >= 11 is 0. The molecular weight excluding hydrogens is 542 g/mol. The second kappa shape index (κ2) is 13.7. The molecule has 1 amide bonds. The molecule has 0 aliphatic carbocycles. The molecule has 43 heavy (non-hydrogen) atoms. The molecule has 222 valence electrons. The minimum atomic E-state index is -0.311. The van der Waals surface area contributed by atoms with Gasteiger partial charge in [-0.15, -0.1) is 0 Å². The van der Waals surface area contributed by atoms with Crippen molar-refractivity contribution in [3.63, 3.8) is 0 Å². The Balaban J connectivity index is 1.28. The van der Waals surface area contributed by atoms with Gasteiger partial charge in [-0.2, -0.15) is 0 Å². The molecule has 7 heteroatoms. The van der Waals surface area contributed by atoms with E-state index in [2.05, 4.69) is 41.2 Å². The fraction of sp³-hybridized carbons (Fsp3) is 0.250. The molecule has 0 saturated carbocycles. The highest BCUT2D eigenvalue weighted by molar-refractivity contribution is 5.95. The third-order valence-corrected chi connectivity index (χ3v) is 8.06. The second-order valence-electron chi connectivity index (χ2n) is 11.1. The van der Waals surface area contributed by atoms with E-state index in [1.54, 1.807) is 18.2 Å². The zero-order valence-electron chi connectivity index (χ0n) is 24.7. The zero-order valence-corrected chi connectivity index (χ0v) is 24.7. The molecule has 0 unspecified atom stereocenters. The van der Waals surface area contributed by atoms with Crippen LogP contribution in [0.5, 0.6) is 0 Å². The van der Waals surface area contributed by atoms with Crippen LogP contribution >= 0.6 is 0 Å². The number of hydrogen-bond acceptors (Lipinski definition) is 4. The van der Waals surface area contributed by atoms with Gasteiger partial charge in [0.2, 0.25) is 0 Å². The Kier molecular flexibility index (Phi) is 9.52. The molecule has 1 aliphatic rings. The molecule has 1 fully saturated rings. The Morgan fingerprint density at radius 2 is 1.65 bits per heavy atom. The molecule has 0 spiro atoms. The number of piperidine rings is 1. The molecule has 1 aliphatic heterocycles. The number of carbonyl (C=O) groups is 1. The monoisotopic (exact) mass is 580 g/mol. The predicted octanol–water partition coefficient (Wildman–Crippen LogP) is 7.81. The van der Waals surface area contributed by atoms with Crippen LogP contribution in [-0.2, 0) is 13.1 Å². The van der Waals surface area contributed by atoms with E-state index in [-0.39, 0.29) is 23.5 Å². The first-order valence-electron chi connectivity index (χ1n) is 14.7. The summed E-state index contributed by atoms with van der Waals surface area (Å²) in [4.78, 5) is 17.7. The van der Waals surface area contributed by atoms with Crippen molar-refractivity contribution < 1.29 is 13.6 Å². The van der Waals surface area contributed by atoms with E-state index in [1.165, 1.54) is 18.2 Å². The topological polar surface area (TPSA) is 47.6 Å². The number of para-hydroxylation sites is 1. The molecule has 5 rings (SSSR count). The first kappa shape index (κ1) is 30.0. The van der Waals surface area contributed by atoms with Gasteiger partial charge in [-0.05, 0) is 98.1 Å². The number of nitrogens with one attached hydrogen (secondary N) is 2. The van der Waals surface area contributed by atoms with Crippen LogP contribution < -0.4 is 15.5 Å². The maximum absolute atomic E-state index is 14.0. The number of nitrogens with zero attached hydrogens (tertiary/aromatic N) is 2. The lowest BCUT2D eigenvalue weighted by molar-refractivity contribution is 0.0701. The lowest BCUT2D eigenvalue weighted by atomic mass is 9.91. The molecule has 0 aromatic heterocycles. The molecule has 2 N–H and O–H groups in total. The molecule has 1 saturated heterocycles. The second-order valence-corrected chi connectivity index (χ2v) is 11.1. The Hall–Kier alpha value is -4.49. The number of rotatable bonds is 10. The maximum Gasteiger partial charge on any atom is 0.253 e. The van der Waals surface area contributed by atoms with E-state index in [0.717, 1.165) is 46.6 Å². The fourth-order valence-electron chi connectivity index (χ4n) is 5.75. The number of amides is 1. The van der Waals surface area contributed by atoms with Crippen molar-refractivity contribution in [1.29, 1.82) is 0 Å². The lowest BCUT2D eigenvalue weighted by Crippen LogP contribution is -2.40. The highest BCUT2D eigenvalue weighted by atomic mass is 19.1. The molecule has 0 bridgehead atoms. The van der Waals surface area contributed by atoms with Crippen molar-refractivity contribution in [3.8, 4) is 0 Å². The third-order valence-electron chi connectivity index (χ3n) is 8.06. The normalized spacial score (nSPS) is 13.5. The van der Waals surface area contributed by atoms with Crippen molar-refractivity contribution in [2.75, 3.05) is 30.4 Å². The predicted molar refractivity (Wildman–Crippen MR) is 170 cm³/mol. The summed E-state index contributed by atoms with van der Waals surface area (Å²) in [5, 5.41) is 6.43. The van der Waals surface area contributed by atoms with E-state index in [1.807, 2.05) is 54.4 Å². The van der Waals surface area contributed by atoms with Gasteiger partial charge in [-0.25, -0.2) is 8.78 Å².